The summed E-state index contributed by atoms with van der Waals surface area (Å²) in [6, 6.07) is 8.27. The third-order valence-corrected chi connectivity index (χ3v) is 36.8. The quantitative estimate of drug-likeness (QED) is 0.0259. The highest BCUT2D eigenvalue weighted by Gasteiger charge is 2.51. The molecule has 0 aromatic heterocycles. The lowest BCUT2D eigenvalue weighted by atomic mass is 10.1. The van der Waals surface area contributed by atoms with Gasteiger partial charge in [0.05, 0.1) is 13.2 Å². The third kappa shape index (κ3) is 36.0. The van der Waals surface area contributed by atoms with E-state index in [1.807, 2.05) is 28.3 Å². The largest absolute Gasteiger partial charge is 0.469 e. The van der Waals surface area contributed by atoms with Gasteiger partial charge >= 0.3 is 8.80 Å². The van der Waals surface area contributed by atoms with Gasteiger partial charge < -0.3 is 25.6 Å². The number of rotatable bonds is 44. The molecule has 0 heterocycles. The van der Waals surface area contributed by atoms with Crippen LogP contribution in [-0.4, -0.2) is 93.3 Å². The maximum Gasteiger partial charge on any atom is 0.469 e. The second-order valence-corrected chi connectivity index (χ2v) is 51.7. The molecule has 0 fully saturated rings. The van der Waals surface area contributed by atoms with Crippen LogP contribution in [0.15, 0.2) is 0 Å². The van der Waals surface area contributed by atoms with E-state index >= 15 is 0 Å². The van der Waals surface area contributed by atoms with Crippen LogP contribution in [0.25, 0.3) is 0 Å². The Bertz CT molecular complexity index is 937. The molecule has 0 aliphatic carbocycles. The van der Waals surface area contributed by atoms with Crippen molar-refractivity contribution < 1.29 is 35.4 Å². The van der Waals surface area contributed by atoms with Crippen molar-refractivity contribution in [2.75, 3.05) is 34.5 Å². The normalized spacial score (nSPS) is 13.8. The molecule has 0 amide bonds. The molecule has 0 aromatic rings. The number of hydrogen-bond acceptors (Lipinski definition) is 8. The summed E-state index contributed by atoms with van der Waals surface area (Å²) in [4.78, 5) is 10.6. The standard InChI is InChI=1S/C46H108O8Si7/c1-17-50-51-39-31-30-38-46-61(52-58(11,12)43-35-27-21-18-24-32-40-55(5,6)47-2,53-59(13,14)44-36-28-22-19-25-33-41-56(7,8)48-3)54-60(15,16)45-37-29-23-20-26-34-42-57(9,10)49-4/h17-46H2,1-16H3. The Morgan fingerprint density at radius 1 is 0.262 bits per heavy atom. The molecular formula is C46H108O8Si7. The van der Waals surface area contributed by atoms with E-state index in [0.29, 0.717) is 13.2 Å². The molecule has 0 aromatic carbocycles. The molecule has 0 radical (unpaired) electrons. The number of unbranched alkanes of at least 4 members (excludes halogenated alkanes) is 17. The van der Waals surface area contributed by atoms with Gasteiger partial charge in [0, 0.05) is 27.4 Å². The minimum Gasteiger partial charge on any atom is -0.420 e. The van der Waals surface area contributed by atoms with E-state index in [2.05, 4.69) is 78.6 Å². The molecule has 15 heteroatoms. The molecule has 0 rings (SSSR count). The Kier molecular flexibility index (Phi) is 34.3. The highest BCUT2D eigenvalue weighted by Crippen LogP contribution is 2.36. The zero-order valence-corrected chi connectivity index (χ0v) is 51.0. The predicted octanol–water partition coefficient (Wildman–Crippen LogP) is 16.3. The van der Waals surface area contributed by atoms with Crippen molar-refractivity contribution in [3.63, 3.8) is 0 Å². The van der Waals surface area contributed by atoms with Crippen LogP contribution in [0, 0.1) is 0 Å². The molecule has 0 saturated heterocycles. The summed E-state index contributed by atoms with van der Waals surface area (Å²) in [6.07, 6.45) is 26.5. The van der Waals surface area contributed by atoms with Gasteiger partial charge in [0.25, 0.3) is 0 Å². The number of hydrogen-bond donors (Lipinski definition) is 0. The van der Waals surface area contributed by atoms with Gasteiger partial charge in [-0.3, -0.25) is 0 Å². The first-order valence-corrected chi connectivity index (χ1v) is 46.1. The van der Waals surface area contributed by atoms with Crippen molar-refractivity contribution in [1.29, 1.82) is 0 Å². The molecule has 61 heavy (non-hydrogen) atoms. The average molecular weight is 986 g/mol. The van der Waals surface area contributed by atoms with Crippen molar-refractivity contribution in [2.24, 2.45) is 0 Å². The van der Waals surface area contributed by atoms with Crippen molar-refractivity contribution in [3.05, 3.63) is 0 Å². The lowest BCUT2D eigenvalue weighted by Gasteiger charge is -2.45. The fraction of sp³-hybridized carbons (Fsp3) is 1.00. The Balaban J connectivity index is 5.86. The monoisotopic (exact) mass is 985 g/mol. The first kappa shape index (κ1) is 62.2. The maximum absolute atomic E-state index is 7.68. The molecular weight excluding hydrogens is 877 g/mol. The first-order chi connectivity index (χ1) is 28.5. The molecule has 0 bridgehead atoms. The van der Waals surface area contributed by atoms with Gasteiger partial charge in [0.15, 0.2) is 49.9 Å². The second-order valence-electron chi connectivity index (χ2n) is 22.1. The fourth-order valence-corrected chi connectivity index (χ4v) is 30.3. The van der Waals surface area contributed by atoms with Gasteiger partial charge in [-0.2, -0.15) is 0 Å². The Morgan fingerprint density at radius 3 is 0.754 bits per heavy atom. The van der Waals surface area contributed by atoms with E-state index in [4.69, 9.17) is 35.4 Å². The molecule has 8 nitrogen and oxygen atoms in total. The van der Waals surface area contributed by atoms with Gasteiger partial charge in [0.1, 0.15) is 0 Å². The van der Waals surface area contributed by atoms with E-state index in [1.54, 1.807) is 0 Å². The zero-order valence-electron chi connectivity index (χ0n) is 44.0. The molecule has 0 aliphatic heterocycles. The lowest BCUT2D eigenvalue weighted by molar-refractivity contribution is -0.291. The SMILES string of the molecule is CCOOCCCCC[Si](O[Si](C)(C)CCCCCCCC[Si](C)(C)OC)(O[Si](C)(C)CCCCCCCC[Si](C)(C)OC)O[Si](C)(C)CCCCCCCC[Si](C)(C)OC. The fourth-order valence-electron chi connectivity index (χ4n) is 8.18. The van der Waals surface area contributed by atoms with E-state index in [-0.39, 0.29) is 0 Å². The van der Waals surface area contributed by atoms with Gasteiger partial charge in [-0.05, 0) is 135 Å². The third-order valence-electron chi connectivity index (χ3n) is 12.8. The molecule has 0 saturated carbocycles. The lowest BCUT2D eigenvalue weighted by Crippen LogP contribution is -2.61. The average Bonchev–Trinajstić information content (AvgIpc) is 3.16. The molecule has 0 N–H and O–H groups in total. The first-order valence-electron chi connectivity index (χ1n) is 25.5. The van der Waals surface area contributed by atoms with Crippen LogP contribution < -0.4 is 0 Å². The molecule has 0 aliphatic rings. The summed E-state index contributed by atoms with van der Waals surface area (Å²) in [5, 5.41) is 0. The summed E-state index contributed by atoms with van der Waals surface area (Å²) in [5.41, 5.74) is 0. The van der Waals surface area contributed by atoms with Crippen molar-refractivity contribution in [2.45, 2.75) is 263 Å². The molecule has 368 valence electrons. The minimum atomic E-state index is -3.01. The minimum absolute atomic E-state index is 0.584. The van der Waals surface area contributed by atoms with Gasteiger partial charge in [-0.25, -0.2) is 9.78 Å². The van der Waals surface area contributed by atoms with Crippen LogP contribution in [0.3, 0.4) is 0 Å². The van der Waals surface area contributed by atoms with Gasteiger partial charge in [-0.15, -0.1) is 0 Å². The van der Waals surface area contributed by atoms with Gasteiger partial charge in [0.2, 0.25) is 0 Å². The predicted molar refractivity (Wildman–Crippen MR) is 283 cm³/mol. The van der Waals surface area contributed by atoms with Crippen LogP contribution in [-0.2, 0) is 35.4 Å². The van der Waals surface area contributed by atoms with E-state index in [9.17, 15) is 0 Å². The highest BCUT2D eigenvalue weighted by atomic mass is 28.5. The van der Waals surface area contributed by atoms with E-state index in [0.717, 1.165) is 25.3 Å². The van der Waals surface area contributed by atoms with E-state index in [1.165, 1.54) is 152 Å². The Hall–Kier alpha value is 1.20. The highest BCUT2D eigenvalue weighted by molar-refractivity contribution is 6.90. The van der Waals surface area contributed by atoms with Gasteiger partial charge in [-0.1, -0.05) is 122 Å². The summed E-state index contributed by atoms with van der Waals surface area (Å²) >= 11 is 0. The molecule has 0 spiro atoms. The molecule has 0 atom stereocenters. The Morgan fingerprint density at radius 2 is 0.492 bits per heavy atom. The van der Waals surface area contributed by atoms with Crippen molar-refractivity contribution >= 4 is 58.7 Å². The zero-order chi connectivity index (χ0) is 46.4. The smallest absolute Gasteiger partial charge is 0.420 e. The van der Waals surface area contributed by atoms with Crippen molar-refractivity contribution in [3.8, 4) is 0 Å². The molecule has 0 unspecified atom stereocenters. The van der Waals surface area contributed by atoms with Crippen LogP contribution >= 0.6 is 0 Å². The van der Waals surface area contributed by atoms with Crippen molar-refractivity contribution in [1.82, 2.24) is 0 Å². The summed E-state index contributed by atoms with van der Waals surface area (Å²) < 4.78 is 40.4. The topological polar surface area (TPSA) is 73.8 Å². The van der Waals surface area contributed by atoms with E-state index < -0.39 is 58.7 Å². The maximum atomic E-state index is 7.68. The summed E-state index contributed by atoms with van der Waals surface area (Å²) in [6.45, 7) is 32.0. The van der Waals surface area contributed by atoms with Crippen LogP contribution in [0.1, 0.15) is 142 Å². The van der Waals surface area contributed by atoms with Crippen LogP contribution in [0.2, 0.25) is 121 Å². The summed E-state index contributed by atoms with van der Waals surface area (Å²) in [5.74, 6) is 0. The Labute approximate surface area is 389 Å². The second kappa shape index (κ2) is 33.6. The summed E-state index contributed by atoms with van der Waals surface area (Å²) in [7, 11) is -7.92. The van der Waals surface area contributed by atoms with Crippen LogP contribution in [0.4, 0.5) is 0 Å². The van der Waals surface area contributed by atoms with Crippen LogP contribution in [0.5, 0.6) is 0 Å².